The number of aromatic nitrogens is 2. The van der Waals surface area contributed by atoms with Gasteiger partial charge in [-0.1, -0.05) is 18.2 Å². The molecule has 0 aliphatic carbocycles. The molecule has 0 unspecified atom stereocenters. The molecule has 5 heteroatoms. The molecule has 0 saturated heterocycles. The van der Waals surface area contributed by atoms with Crippen LogP contribution in [0.1, 0.15) is 0 Å². The van der Waals surface area contributed by atoms with Crippen molar-refractivity contribution >= 4 is 28.2 Å². The van der Waals surface area contributed by atoms with Crippen LogP contribution in [-0.2, 0) is 7.05 Å². The molecule has 1 heterocycles. The van der Waals surface area contributed by atoms with Crippen molar-refractivity contribution in [2.45, 2.75) is 0 Å². The predicted octanol–water partition coefficient (Wildman–Crippen LogP) is 2.29. The highest BCUT2D eigenvalue weighted by atomic mass is 35.5. The molecule has 0 saturated carbocycles. The maximum atomic E-state index is 5.72. The number of ether oxygens (including phenoxy) is 1. The van der Waals surface area contributed by atoms with Crippen LogP contribution in [0, 0.1) is 0 Å². The van der Waals surface area contributed by atoms with E-state index in [2.05, 4.69) is 11.7 Å². The van der Waals surface area contributed by atoms with Crippen LogP contribution in [-0.4, -0.2) is 16.4 Å². The molecule has 0 fully saturated rings. The Balaban J connectivity index is 2.44. The van der Waals surface area contributed by atoms with Crippen LogP contribution in [0.5, 0.6) is 5.88 Å². The van der Waals surface area contributed by atoms with Crippen molar-refractivity contribution in [2.75, 3.05) is 12.3 Å². The molecule has 2 N–H and O–H groups in total. The van der Waals surface area contributed by atoms with Crippen molar-refractivity contribution in [1.82, 2.24) is 9.78 Å². The molecular weight excluding hydrogens is 226 g/mol. The number of nitrogens with two attached hydrogens (primary N) is 1. The summed E-state index contributed by atoms with van der Waals surface area (Å²) in [7, 11) is 1.85. The van der Waals surface area contributed by atoms with Crippen molar-refractivity contribution in [3.63, 3.8) is 0 Å². The lowest BCUT2D eigenvalue weighted by Crippen LogP contribution is -1.98. The number of halogens is 1. The van der Waals surface area contributed by atoms with Gasteiger partial charge in [-0.2, -0.15) is 0 Å². The lowest BCUT2D eigenvalue weighted by atomic mass is 10.2. The molecule has 2 aromatic rings. The highest BCUT2D eigenvalue weighted by Crippen LogP contribution is 2.26. The van der Waals surface area contributed by atoms with Crippen LogP contribution >= 0.6 is 11.6 Å². The number of nitrogens with zero attached hydrogens (tertiary/aromatic N) is 2. The van der Waals surface area contributed by atoms with Gasteiger partial charge in [0.2, 0.25) is 5.88 Å². The Bertz CT molecular complexity index is 547. The third-order valence-electron chi connectivity index (χ3n) is 2.21. The van der Waals surface area contributed by atoms with E-state index in [4.69, 9.17) is 22.1 Å². The van der Waals surface area contributed by atoms with Gasteiger partial charge >= 0.3 is 0 Å². The SMILES string of the molecule is C=C(Cl)COc1nn(C)c2ccc(N)cc12. The highest BCUT2D eigenvalue weighted by molar-refractivity contribution is 6.29. The summed E-state index contributed by atoms with van der Waals surface area (Å²) < 4.78 is 7.17. The van der Waals surface area contributed by atoms with Crippen molar-refractivity contribution in [3.05, 3.63) is 29.8 Å². The van der Waals surface area contributed by atoms with Gasteiger partial charge in [-0.3, -0.25) is 4.68 Å². The summed E-state index contributed by atoms with van der Waals surface area (Å²) in [5, 5.41) is 5.55. The lowest BCUT2D eigenvalue weighted by Gasteiger charge is -2.00. The summed E-state index contributed by atoms with van der Waals surface area (Å²) in [5.74, 6) is 0.520. The lowest BCUT2D eigenvalue weighted by molar-refractivity contribution is 0.344. The summed E-state index contributed by atoms with van der Waals surface area (Å²) in [4.78, 5) is 0. The van der Waals surface area contributed by atoms with Crippen LogP contribution in [0.2, 0.25) is 0 Å². The van der Waals surface area contributed by atoms with Gasteiger partial charge in [-0.15, -0.1) is 5.10 Å². The second-order valence-electron chi connectivity index (χ2n) is 3.51. The van der Waals surface area contributed by atoms with E-state index >= 15 is 0 Å². The zero-order valence-electron chi connectivity index (χ0n) is 8.90. The van der Waals surface area contributed by atoms with Crippen molar-refractivity contribution in [2.24, 2.45) is 7.05 Å². The van der Waals surface area contributed by atoms with E-state index in [1.165, 1.54) is 0 Å². The Morgan fingerprint density at radius 1 is 1.62 bits per heavy atom. The Labute approximate surface area is 98.2 Å². The molecule has 0 spiro atoms. The van der Waals surface area contributed by atoms with Crippen LogP contribution in [0.3, 0.4) is 0 Å². The third-order valence-corrected chi connectivity index (χ3v) is 2.32. The number of nitrogen functional groups attached to an aromatic ring is 1. The summed E-state index contributed by atoms with van der Waals surface area (Å²) >= 11 is 5.64. The van der Waals surface area contributed by atoms with Gasteiger partial charge in [0.1, 0.15) is 6.61 Å². The second-order valence-corrected chi connectivity index (χ2v) is 4.05. The van der Waals surface area contributed by atoms with E-state index in [1.54, 1.807) is 4.68 Å². The smallest absolute Gasteiger partial charge is 0.241 e. The van der Waals surface area contributed by atoms with Crippen molar-refractivity contribution < 1.29 is 4.74 Å². The highest BCUT2D eigenvalue weighted by Gasteiger charge is 2.09. The van der Waals surface area contributed by atoms with E-state index in [9.17, 15) is 0 Å². The molecule has 0 aliphatic rings. The zero-order chi connectivity index (χ0) is 11.7. The number of anilines is 1. The standard InChI is InChI=1S/C11H12ClN3O/c1-7(12)6-16-11-9-5-8(13)3-4-10(9)15(2)14-11/h3-5H,1,6,13H2,2H3. The van der Waals surface area contributed by atoms with E-state index in [0.717, 1.165) is 10.9 Å². The van der Waals surface area contributed by atoms with Gasteiger partial charge in [0.05, 0.1) is 10.9 Å². The molecule has 0 radical (unpaired) electrons. The van der Waals surface area contributed by atoms with Crippen LogP contribution in [0.25, 0.3) is 10.9 Å². The van der Waals surface area contributed by atoms with Crippen LogP contribution in [0.15, 0.2) is 29.8 Å². The maximum Gasteiger partial charge on any atom is 0.241 e. The first-order chi connectivity index (χ1) is 7.58. The fourth-order valence-corrected chi connectivity index (χ4v) is 1.56. The first-order valence-electron chi connectivity index (χ1n) is 4.76. The molecule has 4 nitrogen and oxygen atoms in total. The number of hydrogen-bond donors (Lipinski definition) is 1. The molecule has 1 aromatic heterocycles. The Kier molecular flexibility index (Phi) is 2.75. The van der Waals surface area contributed by atoms with Gasteiger partial charge in [-0.05, 0) is 18.2 Å². The topological polar surface area (TPSA) is 53.1 Å². The predicted molar refractivity (Wildman–Crippen MR) is 65.6 cm³/mol. The van der Waals surface area contributed by atoms with Gasteiger partial charge in [0, 0.05) is 17.8 Å². The molecule has 1 aromatic carbocycles. The van der Waals surface area contributed by atoms with E-state index in [-0.39, 0.29) is 6.61 Å². The Morgan fingerprint density at radius 2 is 2.38 bits per heavy atom. The average Bonchev–Trinajstić information content (AvgIpc) is 2.52. The molecule has 84 valence electrons. The van der Waals surface area contributed by atoms with Crippen LogP contribution < -0.4 is 10.5 Å². The van der Waals surface area contributed by atoms with Gasteiger partial charge in [0.25, 0.3) is 0 Å². The summed E-state index contributed by atoms with van der Waals surface area (Å²) in [5.41, 5.74) is 7.36. The van der Waals surface area contributed by atoms with Crippen LogP contribution in [0.4, 0.5) is 5.69 Å². The summed E-state index contributed by atoms with van der Waals surface area (Å²) in [6.07, 6.45) is 0. The molecule has 0 atom stereocenters. The second kappa shape index (κ2) is 4.06. The quantitative estimate of drug-likeness (QED) is 0.834. The third kappa shape index (κ3) is 1.97. The first-order valence-corrected chi connectivity index (χ1v) is 5.14. The summed E-state index contributed by atoms with van der Waals surface area (Å²) in [6.45, 7) is 3.79. The molecule has 0 bridgehead atoms. The van der Waals surface area contributed by atoms with Crippen molar-refractivity contribution in [1.29, 1.82) is 0 Å². The van der Waals surface area contributed by atoms with Gasteiger partial charge in [-0.25, -0.2) is 0 Å². The molecule has 16 heavy (non-hydrogen) atoms. The molecule has 0 aliphatic heterocycles. The van der Waals surface area contributed by atoms with E-state index in [0.29, 0.717) is 16.6 Å². The number of aryl methyl sites for hydroxylation is 1. The van der Waals surface area contributed by atoms with E-state index < -0.39 is 0 Å². The van der Waals surface area contributed by atoms with Gasteiger partial charge < -0.3 is 10.5 Å². The van der Waals surface area contributed by atoms with Gasteiger partial charge in [0.15, 0.2) is 0 Å². The fraction of sp³-hybridized carbons (Fsp3) is 0.182. The normalized spacial score (nSPS) is 10.6. The Morgan fingerprint density at radius 3 is 3.06 bits per heavy atom. The minimum Gasteiger partial charge on any atom is -0.470 e. The monoisotopic (exact) mass is 237 g/mol. The average molecular weight is 238 g/mol. The van der Waals surface area contributed by atoms with Crippen molar-refractivity contribution in [3.8, 4) is 5.88 Å². The zero-order valence-corrected chi connectivity index (χ0v) is 9.66. The fourth-order valence-electron chi connectivity index (χ4n) is 1.50. The number of hydrogen-bond acceptors (Lipinski definition) is 3. The largest absolute Gasteiger partial charge is 0.470 e. The van der Waals surface area contributed by atoms with E-state index in [1.807, 2.05) is 25.2 Å². The minimum absolute atomic E-state index is 0.239. The maximum absolute atomic E-state index is 5.72. The molecule has 0 amide bonds. The minimum atomic E-state index is 0.239. The number of fused-ring (bicyclic) bond motifs is 1. The summed E-state index contributed by atoms with van der Waals surface area (Å²) in [6, 6.07) is 5.56. The number of benzene rings is 1. The number of rotatable bonds is 3. The molecular formula is C11H12ClN3O. The first kappa shape index (κ1) is 10.8. The Hall–Kier alpha value is -1.68. The molecule has 2 rings (SSSR count).